The highest BCUT2D eigenvalue weighted by atomic mass is 16.3. The largest absolute Gasteiger partial charge is 0.388 e. The molecule has 0 fully saturated rings. The first-order chi connectivity index (χ1) is 14.6. The van der Waals surface area contributed by atoms with E-state index < -0.39 is 5.60 Å². The van der Waals surface area contributed by atoms with Gasteiger partial charge in [-0.25, -0.2) is 0 Å². The average molecular weight is 416 g/mol. The molecule has 3 nitrogen and oxygen atoms in total. The molecule has 0 aliphatic rings. The predicted octanol–water partition coefficient (Wildman–Crippen LogP) is 6.97. The van der Waals surface area contributed by atoms with Crippen LogP contribution in [-0.4, -0.2) is 23.2 Å². The molecule has 3 heteroatoms. The number of carbonyl (C=O) groups excluding carboxylic acids is 1. The first-order valence-corrected chi connectivity index (χ1v) is 11.9. The van der Waals surface area contributed by atoms with E-state index in [1.54, 1.807) is 6.08 Å². The van der Waals surface area contributed by atoms with Gasteiger partial charge in [-0.1, -0.05) is 108 Å². The lowest BCUT2D eigenvalue weighted by Crippen LogP contribution is -2.42. The van der Waals surface area contributed by atoms with Crippen molar-refractivity contribution in [2.45, 2.75) is 97.0 Å². The highest BCUT2D eigenvalue weighted by molar-refractivity contribution is 5.87. The molecule has 0 aromatic heterocycles. The molecule has 0 radical (unpaired) electrons. The van der Waals surface area contributed by atoms with Crippen LogP contribution in [0.5, 0.6) is 0 Å². The van der Waals surface area contributed by atoms with Crippen LogP contribution in [0.25, 0.3) is 0 Å². The lowest BCUT2D eigenvalue weighted by Gasteiger charge is -2.26. The van der Waals surface area contributed by atoms with E-state index in [0.717, 1.165) is 44.9 Å². The summed E-state index contributed by atoms with van der Waals surface area (Å²) < 4.78 is 0. The number of allylic oxidation sites excluding steroid dienone is 9. The van der Waals surface area contributed by atoms with Crippen LogP contribution in [0.1, 0.15) is 91.4 Å². The van der Waals surface area contributed by atoms with Crippen LogP contribution in [0.15, 0.2) is 60.8 Å². The van der Waals surface area contributed by atoms with Gasteiger partial charge >= 0.3 is 0 Å². The van der Waals surface area contributed by atoms with Crippen molar-refractivity contribution in [1.82, 2.24) is 5.32 Å². The molecular weight excluding hydrogens is 370 g/mol. The SMILES string of the molecule is CCCCCC=CC=CC=CC=CCCC=CC(=O)NCC(O)(CC)CCCCC. The number of rotatable bonds is 18. The maximum Gasteiger partial charge on any atom is 0.243 e. The van der Waals surface area contributed by atoms with E-state index in [-0.39, 0.29) is 5.91 Å². The van der Waals surface area contributed by atoms with Crippen LogP contribution in [0, 0.1) is 0 Å². The van der Waals surface area contributed by atoms with Crippen LogP contribution in [0.2, 0.25) is 0 Å². The van der Waals surface area contributed by atoms with E-state index in [9.17, 15) is 9.90 Å². The number of unbranched alkanes of at least 4 members (excludes halogenated alkanes) is 6. The number of amides is 1. The van der Waals surface area contributed by atoms with E-state index in [1.165, 1.54) is 19.3 Å². The van der Waals surface area contributed by atoms with Gasteiger partial charge in [-0.05, 0) is 44.6 Å². The van der Waals surface area contributed by atoms with Crippen molar-refractivity contribution in [2.75, 3.05) is 6.54 Å². The summed E-state index contributed by atoms with van der Waals surface area (Å²) in [6, 6.07) is 0. The second-order valence-electron chi connectivity index (χ2n) is 7.85. The molecule has 30 heavy (non-hydrogen) atoms. The van der Waals surface area contributed by atoms with Crippen molar-refractivity contribution < 1.29 is 9.90 Å². The summed E-state index contributed by atoms with van der Waals surface area (Å²) in [5.74, 6) is -0.130. The minimum atomic E-state index is -0.785. The summed E-state index contributed by atoms with van der Waals surface area (Å²) in [5, 5.41) is 13.4. The number of aliphatic hydroxyl groups is 1. The molecule has 1 amide bonds. The quantitative estimate of drug-likeness (QED) is 0.144. The highest BCUT2D eigenvalue weighted by Crippen LogP contribution is 2.18. The first-order valence-electron chi connectivity index (χ1n) is 11.9. The second-order valence-corrected chi connectivity index (χ2v) is 7.85. The lowest BCUT2D eigenvalue weighted by atomic mass is 9.93. The Morgan fingerprint density at radius 3 is 1.97 bits per heavy atom. The monoisotopic (exact) mass is 415 g/mol. The summed E-state index contributed by atoms with van der Waals surface area (Å²) in [6.07, 6.45) is 31.4. The highest BCUT2D eigenvalue weighted by Gasteiger charge is 2.24. The van der Waals surface area contributed by atoms with Gasteiger partial charge in [0.25, 0.3) is 0 Å². The van der Waals surface area contributed by atoms with E-state index in [2.05, 4.69) is 43.5 Å². The van der Waals surface area contributed by atoms with Crippen LogP contribution in [0.3, 0.4) is 0 Å². The topological polar surface area (TPSA) is 49.3 Å². The van der Waals surface area contributed by atoms with Gasteiger partial charge in [-0.3, -0.25) is 4.79 Å². The number of carbonyl (C=O) groups is 1. The number of hydrogen-bond donors (Lipinski definition) is 2. The van der Waals surface area contributed by atoms with Crippen molar-refractivity contribution in [2.24, 2.45) is 0 Å². The Morgan fingerprint density at radius 2 is 1.33 bits per heavy atom. The molecule has 0 rings (SSSR count). The van der Waals surface area contributed by atoms with Gasteiger partial charge in [0, 0.05) is 6.54 Å². The van der Waals surface area contributed by atoms with Crippen LogP contribution >= 0.6 is 0 Å². The normalized spacial score (nSPS) is 14.7. The third-order valence-electron chi connectivity index (χ3n) is 5.07. The van der Waals surface area contributed by atoms with Crippen molar-refractivity contribution in [1.29, 1.82) is 0 Å². The standard InChI is InChI=1S/C27H45NO2/c1-4-7-9-10-11-12-13-14-15-16-17-18-19-20-21-23-26(29)28-25-27(30,6-3)24-22-8-5-2/h11-18,21,23,30H,4-10,19-20,22,24-25H2,1-3H3,(H,28,29). The third kappa shape index (κ3) is 18.2. The lowest BCUT2D eigenvalue weighted by molar-refractivity contribution is -0.117. The Kier molecular flexibility index (Phi) is 19.1. The zero-order valence-corrected chi connectivity index (χ0v) is 19.6. The maximum atomic E-state index is 11.9. The minimum absolute atomic E-state index is 0.130. The predicted molar refractivity (Wildman–Crippen MR) is 131 cm³/mol. The molecule has 0 saturated heterocycles. The van der Waals surface area contributed by atoms with E-state index in [4.69, 9.17) is 0 Å². The zero-order chi connectivity index (χ0) is 22.3. The molecule has 0 heterocycles. The van der Waals surface area contributed by atoms with Crippen LogP contribution in [-0.2, 0) is 4.79 Å². The fourth-order valence-corrected chi connectivity index (χ4v) is 2.91. The smallest absolute Gasteiger partial charge is 0.243 e. The molecule has 0 bridgehead atoms. The molecule has 1 unspecified atom stereocenters. The fraction of sp³-hybridized carbons (Fsp3) is 0.593. The summed E-state index contributed by atoms with van der Waals surface area (Å²) >= 11 is 0. The zero-order valence-electron chi connectivity index (χ0n) is 19.6. The van der Waals surface area contributed by atoms with E-state index in [1.807, 2.05) is 37.3 Å². The van der Waals surface area contributed by atoms with Gasteiger partial charge in [-0.2, -0.15) is 0 Å². The second kappa shape index (κ2) is 20.4. The Morgan fingerprint density at radius 1 is 0.767 bits per heavy atom. The molecule has 0 spiro atoms. The van der Waals surface area contributed by atoms with Gasteiger partial charge in [0.2, 0.25) is 5.91 Å². The molecule has 0 aromatic carbocycles. The summed E-state index contributed by atoms with van der Waals surface area (Å²) in [6.45, 7) is 6.66. The molecule has 0 aliphatic heterocycles. The first kappa shape index (κ1) is 28.1. The van der Waals surface area contributed by atoms with Crippen molar-refractivity contribution >= 4 is 5.91 Å². The Bertz CT molecular complexity index is 557. The van der Waals surface area contributed by atoms with E-state index >= 15 is 0 Å². The van der Waals surface area contributed by atoms with Crippen LogP contribution < -0.4 is 5.32 Å². The van der Waals surface area contributed by atoms with Crippen molar-refractivity contribution in [3.63, 3.8) is 0 Å². The average Bonchev–Trinajstić information content (AvgIpc) is 2.75. The minimum Gasteiger partial charge on any atom is -0.388 e. The van der Waals surface area contributed by atoms with Gasteiger partial charge < -0.3 is 10.4 Å². The summed E-state index contributed by atoms with van der Waals surface area (Å²) in [7, 11) is 0. The molecule has 0 aliphatic carbocycles. The molecule has 0 saturated carbocycles. The number of nitrogens with one attached hydrogen (secondary N) is 1. The number of hydrogen-bond acceptors (Lipinski definition) is 2. The Balaban J connectivity index is 3.91. The van der Waals surface area contributed by atoms with Crippen molar-refractivity contribution in [3.8, 4) is 0 Å². The summed E-state index contributed by atoms with van der Waals surface area (Å²) in [5.41, 5.74) is -0.785. The molecule has 0 aromatic rings. The Labute approximate surface area is 185 Å². The van der Waals surface area contributed by atoms with E-state index in [0.29, 0.717) is 13.0 Å². The van der Waals surface area contributed by atoms with Gasteiger partial charge in [0.15, 0.2) is 0 Å². The maximum absolute atomic E-state index is 11.9. The molecule has 2 N–H and O–H groups in total. The molecule has 1 atom stereocenters. The molecule has 170 valence electrons. The van der Waals surface area contributed by atoms with Gasteiger partial charge in [-0.15, -0.1) is 0 Å². The van der Waals surface area contributed by atoms with Crippen LogP contribution in [0.4, 0.5) is 0 Å². The Hall–Kier alpha value is -1.87. The summed E-state index contributed by atoms with van der Waals surface area (Å²) in [4.78, 5) is 11.9. The van der Waals surface area contributed by atoms with Gasteiger partial charge in [0.05, 0.1) is 5.60 Å². The van der Waals surface area contributed by atoms with Crippen molar-refractivity contribution in [3.05, 3.63) is 60.8 Å². The third-order valence-corrected chi connectivity index (χ3v) is 5.07. The fourth-order valence-electron chi connectivity index (χ4n) is 2.91. The van der Waals surface area contributed by atoms with Gasteiger partial charge in [0.1, 0.15) is 0 Å². The molecular formula is C27H45NO2.